The first-order chi connectivity index (χ1) is 10.7. The van der Waals surface area contributed by atoms with E-state index in [0.717, 1.165) is 5.56 Å². The molecule has 128 valence electrons. The van der Waals surface area contributed by atoms with Crippen molar-refractivity contribution >= 4 is 12.1 Å². The number of alkyl carbamates (subject to hydrolysis) is 1. The van der Waals surface area contributed by atoms with E-state index in [1.807, 2.05) is 20.8 Å². The topological polar surface area (TPSA) is 90.6 Å². The Labute approximate surface area is 137 Å². The molecule has 3 N–H and O–H groups in total. The van der Waals surface area contributed by atoms with Gasteiger partial charge in [-0.2, -0.15) is 0 Å². The number of esters is 1. The fourth-order valence-corrected chi connectivity index (χ4v) is 1.89. The standard InChI is InChI=1S/C17H26N2O4/c1-5-22-15(20)13-8-6-12(7-9-13)14(18)10-11-19-16(21)23-17(2,3)4/h6-9,14H,5,10-11,18H2,1-4H3,(H,19,21). The third-order valence-corrected chi connectivity index (χ3v) is 2.97. The van der Waals surface area contributed by atoms with E-state index in [1.54, 1.807) is 31.2 Å². The molecule has 0 saturated carbocycles. The second-order valence-corrected chi connectivity index (χ2v) is 6.17. The van der Waals surface area contributed by atoms with Crippen molar-refractivity contribution in [1.82, 2.24) is 5.32 Å². The number of carbonyl (C=O) groups excluding carboxylic acids is 2. The normalized spacial score (nSPS) is 12.4. The molecule has 0 aromatic heterocycles. The zero-order valence-corrected chi connectivity index (χ0v) is 14.2. The molecule has 0 aliphatic rings. The Morgan fingerprint density at radius 1 is 1.22 bits per heavy atom. The average Bonchev–Trinajstić information content (AvgIpc) is 2.45. The highest BCUT2D eigenvalue weighted by molar-refractivity contribution is 5.89. The first-order valence-electron chi connectivity index (χ1n) is 7.72. The summed E-state index contributed by atoms with van der Waals surface area (Å²) in [6.07, 6.45) is 0.111. The van der Waals surface area contributed by atoms with Crippen molar-refractivity contribution in [3.63, 3.8) is 0 Å². The molecular weight excluding hydrogens is 296 g/mol. The smallest absolute Gasteiger partial charge is 0.407 e. The lowest BCUT2D eigenvalue weighted by Gasteiger charge is -2.20. The summed E-state index contributed by atoms with van der Waals surface area (Å²) < 4.78 is 10.1. The van der Waals surface area contributed by atoms with Gasteiger partial charge in [-0.3, -0.25) is 0 Å². The van der Waals surface area contributed by atoms with E-state index in [-0.39, 0.29) is 12.0 Å². The molecule has 1 rings (SSSR count). The van der Waals surface area contributed by atoms with Crippen LogP contribution in [0.4, 0.5) is 4.79 Å². The van der Waals surface area contributed by atoms with Crippen LogP contribution in [0.2, 0.25) is 0 Å². The van der Waals surface area contributed by atoms with Crippen LogP contribution in [0.25, 0.3) is 0 Å². The molecule has 0 spiro atoms. The number of benzene rings is 1. The highest BCUT2D eigenvalue weighted by Crippen LogP contribution is 2.15. The number of hydrogen-bond donors (Lipinski definition) is 2. The monoisotopic (exact) mass is 322 g/mol. The number of nitrogens with two attached hydrogens (primary N) is 1. The van der Waals surface area contributed by atoms with Crippen molar-refractivity contribution < 1.29 is 19.1 Å². The van der Waals surface area contributed by atoms with Crippen molar-refractivity contribution in [1.29, 1.82) is 0 Å². The van der Waals surface area contributed by atoms with E-state index >= 15 is 0 Å². The summed E-state index contributed by atoms with van der Waals surface area (Å²) in [6.45, 7) is 7.95. The van der Waals surface area contributed by atoms with Crippen LogP contribution in [-0.4, -0.2) is 30.8 Å². The second-order valence-electron chi connectivity index (χ2n) is 6.17. The largest absolute Gasteiger partial charge is 0.462 e. The maximum atomic E-state index is 11.6. The summed E-state index contributed by atoms with van der Waals surface area (Å²) in [5.41, 5.74) is 6.95. The molecule has 23 heavy (non-hydrogen) atoms. The summed E-state index contributed by atoms with van der Waals surface area (Å²) in [5, 5.41) is 2.67. The van der Waals surface area contributed by atoms with Gasteiger partial charge in [-0.1, -0.05) is 12.1 Å². The van der Waals surface area contributed by atoms with Gasteiger partial charge >= 0.3 is 12.1 Å². The first-order valence-corrected chi connectivity index (χ1v) is 7.72. The number of amides is 1. The van der Waals surface area contributed by atoms with Crippen LogP contribution in [0.15, 0.2) is 24.3 Å². The predicted molar refractivity (Wildman–Crippen MR) is 88.2 cm³/mol. The molecule has 1 amide bonds. The van der Waals surface area contributed by atoms with Gasteiger partial charge < -0.3 is 20.5 Å². The van der Waals surface area contributed by atoms with E-state index in [4.69, 9.17) is 15.2 Å². The van der Waals surface area contributed by atoms with E-state index < -0.39 is 11.7 Å². The Kier molecular flexibility index (Phi) is 7.03. The summed E-state index contributed by atoms with van der Waals surface area (Å²) >= 11 is 0. The number of nitrogens with one attached hydrogen (secondary N) is 1. The van der Waals surface area contributed by atoms with Crippen molar-refractivity contribution in [2.24, 2.45) is 5.73 Å². The maximum absolute atomic E-state index is 11.6. The van der Waals surface area contributed by atoms with Crippen molar-refractivity contribution in [2.45, 2.75) is 45.8 Å². The molecular formula is C17H26N2O4. The fraction of sp³-hybridized carbons (Fsp3) is 0.529. The molecule has 0 saturated heterocycles. The van der Waals surface area contributed by atoms with Crippen LogP contribution in [-0.2, 0) is 9.47 Å². The number of rotatable bonds is 6. The van der Waals surface area contributed by atoms with Crippen LogP contribution < -0.4 is 11.1 Å². The van der Waals surface area contributed by atoms with E-state index in [0.29, 0.717) is 25.1 Å². The van der Waals surface area contributed by atoms with Crippen LogP contribution in [0.5, 0.6) is 0 Å². The van der Waals surface area contributed by atoms with Gasteiger partial charge in [0.15, 0.2) is 0 Å². The minimum atomic E-state index is -0.519. The molecule has 1 atom stereocenters. The summed E-state index contributed by atoms with van der Waals surface area (Å²) in [5.74, 6) is -0.348. The SMILES string of the molecule is CCOC(=O)c1ccc(C(N)CCNC(=O)OC(C)(C)C)cc1. The fourth-order valence-electron chi connectivity index (χ4n) is 1.89. The van der Waals surface area contributed by atoms with E-state index in [9.17, 15) is 9.59 Å². The van der Waals surface area contributed by atoms with E-state index in [1.165, 1.54) is 0 Å². The van der Waals surface area contributed by atoms with Gasteiger partial charge in [0.2, 0.25) is 0 Å². The predicted octanol–water partition coefficient (Wildman–Crippen LogP) is 2.78. The Bertz CT molecular complexity index is 520. The zero-order chi connectivity index (χ0) is 17.5. The summed E-state index contributed by atoms with van der Waals surface area (Å²) in [4.78, 5) is 23.1. The third kappa shape index (κ3) is 7.15. The van der Waals surface area contributed by atoms with E-state index in [2.05, 4.69) is 5.32 Å². The molecule has 1 unspecified atom stereocenters. The molecule has 0 aliphatic carbocycles. The lowest BCUT2D eigenvalue weighted by Crippen LogP contribution is -2.34. The van der Waals surface area contributed by atoms with Crippen LogP contribution in [0.3, 0.4) is 0 Å². The van der Waals surface area contributed by atoms with Gasteiger partial charge in [-0.15, -0.1) is 0 Å². The minimum absolute atomic E-state index is 0.235. The molecule has 0 heterocycles. The molecule has 1 aromatic carbocycles. The number of ether oxygens (including phenoxy) is 2. The van der Waals surface area contributed by atoms with Gasteiger partial charge in [-0.05, 0) is 51.8 Å². The maximum Gasteiger partial charge on any atom is 0.407 e. The van der Waals surface area contributed by atoms with Gasteiger partial charge in [0.25, 0.3) is 0 Å². The molecule has 0 aliphatic heterocycles. The quantitative estimate of drug-likeness (QED) is 0.786. The van der Waals surface area contributed by atoms with Gasteiger partial charge in [0.05, 0.1) is 12.2 Å². The average molecular weight is 322 g/mol. The van der Waals surface area contributed by atoms with Crippen molar-refractivity contribution in [2.75, 3.05) is 13.2 Å². The third-order valence-electron chi connectivity index (χ3n) is 2.97. The molecule has 6 nitrogen and oxygen atoms in total. The zero-order valence-electron chi connectivity index (χ0n) is 14.2. The van der Waals surface area contributed by atoms with Gasteiger partial charge in [0.1, 0.15) is 5.60 Å². The first kappa shape index (κ1) is 19.0. The van der Waals surface area contributed by atoms with Gasteiger partial charge in [0, 0.05) is 12.6 Å². The summed E-state index contributed by atoms with van der Waals surface area (Å²) in [6, 6.07) is 6.73. The Hall–Kier alpha value is -2.08. The van der Waals surface area contributed by atoms with Crippen molar-refractivity contribution in [3.05, 3.63) is 35.4 Å². The highest BCUT2D eigenvalue weighted by atomic mass is 16.6. The van der Waals surface area contributed by atoms with Crippen LogP contribution >= 0.6 is 0 Å². The Morgan fingerprint density at radius 2 is 1.83 bits per heavy atom. The highest BCUT2D eigenvalue weighted by Gasteiger charge is 2.16. The number of carbonyl (C=O) groups is 2. The second kappa shape index (κ2) is 8.53. The van der Waals surface area contributed by atoms with Crippen LogP contribution in [0.1, 0.15) is 56.1 Å². The van der Waals surface area contributed by atoms with Crippen LogP contribution in [0, 0.1) is 0 Å². The number of hydrogen-bond acceptors (Lipinski definition) is 5. The minimum Gasteiger partial charge on any atom is -0.462 e. The lowest BCUT2D eigenvalue weighted by molar-refractivity contribution is 0.0515. The molecule has 6 heteroatoms. The molecule has 0 fully saturated rings. The Morgan fingerprint density at radius 3 is 2.35 bits per heavy atom. The molecule has 1 aromatic rings. The Balaban J connectivity index is 2.44. The lowest BCUT2D eigenvalue weighted by atomic mass is 10.0. The molecule has 0 bridgehead atoms. The van der Waals surface area contributed by atoms with Gasteiger partial charge in [-0.25, -0.2) is 9.59 Å². The summed E-state index contributed by atoms with van der Waals surface area (Å²) in [7, 11) is 0. The molecule has 0 radical (unpaired) electrons. The van der Waals surface area contributed by atoms with Crippen molar-refractivity contribution in [3.8, 4) is 0 Å².